The van der Waals surface area contributed by atoms with Crippen LogP contribution in [-0.4, -0.2) is 16.0 Å². The molecule has 32 heavy (non-hydrogen) atoms. The molecular formula is C25H22FN3O3. The molecule has 4 rings (SSSR count). The molecule has 0 unspecified atom stereocenters. The van der Waals surface area contributed by atoms with E-state index in [1.54, 1.807) is 12.1 Å². The molecule has 4 aromatic rings. The molecule has 7 heteroatoms. The predicted octanol–water partition coefficient (Wildman–Crippen LogP) is 4.70. The Kier molecular flexibility index (Phi) is 6.87. The minimum atomic E-state index is -0.331. The molecular weight excluding hydrogens is 409 g/mol. The van der Waals surface area contributed by atoms with E-state index in [1.165, 1.54) is 12.1 Å². The van der Waals surface area contributed by atoms with Gasteiger partial charge in [0.05, 0.1) is 0 Å². The Hall–Kier alpha value is -4.00. The van der Waals surface area contributed by atoms with Gasteiger partial charge in [0, 0.05) is 24.9 Å². The highest BCUT2D eigenvalue weighted by Crippen LogP contribution is 2.17. The van der Waals surface area contributed by atoms with Crippen LogP contribution in [0.25, 0.3) is 11.4 Å². The van der Waals surface area contributed by atoms with Gasteiger partial charge in [-0.05, 0) is 47.5 Å². The minimum Gasteiger partial charge on any atom is -0.489 e. The van der Waals surface area contributed by atoms with Gasteiger partial charge in [-0.3, -0.25) is 4.79 Å². The van der Waals surface area contributed by atoms with Gasteiger partial charge in [-0.2, -0.15) is 4.98 Å². The van der Waals surface area contributed by atoms with Crippen molar-refractivity contribution in [2.75, 3.05) is 0 Å². The molecule has 0 aliphatic heterocycles. The van der Waals surface area contributed by atoms with Crippen LogP contribution in [-0.2, 0) is 24.4 Å². The first-order valence-corrected chi connectivity index (χ1v) is 10.3. The number of aromatic nitrogens is 2. The quantitative estimate of drug-likeness (QED) is 0.416. The summed E-state index contributed by atoms with van der Waals surface area (Å²) < 4.78 is 24.0. The molecule has 0 spiro atoms. The van der Waals surface area contributed by atoms with Gasteiger partial charge in [-0.25, -0.2) is 4.39 Å². The van der Waals surface area contributed by atoms with E-state index in [4.69, 9.17) is 9.26 Å². The molecule has 0 saturated carbocycles. The molecule has 1 heterocycles. The summed E-state index contributed by atoms with van der Waals surface area (Å²) in [4.78, 5) is 16.5. The van der Waals surface area contributed by atoms with Crippen molar-refractivity contribution in [2.24, 2.45) is 0 Å². The third-order valence-corrected chi connectivity index (χ3v) is 4.77. The molecule has 162 valence electrons. The highest BCUT2D eigenvalue weighted by molar-refractivity contribution is 5.76. The highest BCUT2D eigenvalue weighted by Gasteiger charge is 2.11. The van der Waals surface area contributed by atoms with Crippen molar-refractivity contribution in [1.29, 1.82) is 0 Å². The van der Waals surface area contributed by atoms with E-state index in [9.17, 15) is 9.18 Å². The summed E-state index contributed by atoms with van der Waals surface area (Å²) in [5.74, 6) is 1.02. The first kappa shape index (κ1) is 21.2. The monoisotopic (exact) mass is 431 g/mol. The minimum absolute atomic E-state index is 0.123. The molecule has 6 nitrogen and oxygen atoms in total. The number of benzene rings is 3. The number of amides is 1. The van der Waals surface area contributed by atoms with Crippen LogP contribution >= 0.6 is 0 Å². The molecule has 0 saturated heterocycles. The van der Waals surface area contributed by atoms with Gasteiger partial charge in [0.2, 0.25) is 17.6 Å². The van der Waals surface area contributed by atoms with Gasteiger partial charge >= 0.3 is 0 Å². The number of nitrogens with zero attached hydrogens (tertiary/aromatic N) is 2. The lowest BCUT2D eigenvalue weighted by atomic mass is 10.2. The lowest BCUT2D eigenvalue weighted by molar-refractivity contribution is -0.121. The number of halogens is 1. The van der Waals surface area contributed by atoms with E-state index in [1.807, 2.05) is 54.6 Å². The van der Waals surface area contributed by atoms with Crippen LogP contribution in [0.2, 0.25) is 0 Å². The second kappa shape index (κ2) is 10.3. The van der Waals surface area contributed by atoms with Crippen molar-refractivity contribution >= 4 is 5.91 Å². The zero-order valence-electron chi connectivity index (χ0n) is 17.3. The van der Waals surface area contributed by atoms with Gasteiger partial charge in [-0.15, -0.1) is 0 Å². The summed E-state index contributed by atoms with van der Waals surface area (Å²) in [6.07, 6.45) is 0.537. The van der Waals surface area contributed by atoms with Crippen LogP contribution in [0.4, 0.5) is 4.39 Å². The van der Waals surface area contributed by atoms with Gasteiger partial charge in [0.15, 0.2) is 0 Å². The van der Waals surface area contributed by atoms with E-state index in [2.05, 4.69) is 15.5 Å². The van der Waals surface area contributed by atoms with Crippen molar-refractivity contribution in [1.82, 2.24) is 15.5 Å². The van der Waals surface area contributed by atoms with Crippen LogP contribution in [0.3, 0.4) is 0 Å². The summed E-state index contributed by atoms with van der Waals surface area (Å²) in [6, 6.07) is 23.4. The SMILES string of the molecule is O=C(CCc1nc(-c2ccc(F)cc2)no1)NCc1cccc(OCc2ccccc2)c1. The van der Waals surface area contributed by atoms with E-state index in [-0.39, 0.29) is 18.1 Å². The maximum Gasteiger partial charge on any atom is 0.227 e. The molecule has 0 aliphatic carbocycles. The Labute approximate surface area is 185 Å². The zero-order valence-corrected chi connectivity index (χ0v) is 17.3. The third kappa shape index (κ3) is 6.01. The number of nitrogens with one attached hydrogen (secondary N) is 1. The number of hydrogen-bond acceptors (Lipinski definition) is 5. The Morgan fingerprint density at radius 2 is 1.75 bits per heavy atom. The van der Waals surface area contributed by atoms with E-state index < -0.39 is 0 Å². The molecule has 3 aromatic carbocycles. The first-order valence-electron chi connectivity index (χ1n) is 10.3. The average Bonchev–Trinajstić information content (AvgIpc) is 3.31. The number of carbonyl (C=O) groups is 1. The topological polar surface area (TPSA) is 77.2 Å². The van der Waals surface area contributed by atoms with Crippen LogP contribution in [0.1, 0.15) is 23.4 Å². The van der Waals surface area contributed by atoms with Gasteiger partial charge in [-0.1, -0.05) is 47.6 Å². The summed E-state index contributed by atoms with van der Waals surface area (Å²) >= 11 is 0. The zero-order chi connectivity index (χ0) is 22.2. The van der Waals surface area contributed by atoms with Gasteiger partial charge < -0.3 is 14.6 Å². The smallest absolute Gasteiger partial charge is 0.227 e. The predicted molar refractivity (Wildman–Crippen MR) is 117 cm³/mol. The highest BCUT2D eigenvalue weighted by atomic mass is 19.1. The molecule has 0 aliphatic rings. The summed E-state index contributed by atoms with van der Waals surface area (Å²) in [5.41, 5.74) is 2.69. The Morgan fingerprint density at radius 3 is 2.56 bits per heavy atom. The Morgan fingerprint density at radius 1 is 0.969 bits per heavy atom. The number of carbonyl (C=O) groups excluding carboxylic acids is 1. The largest absolute Gasteiger partial charge is 0.489 e. The van der Waals surface area contributed by atoms with Gasteiger partial charge in [0.25, 0.3) is 0 Å². The van der Waals surface area contributed by atoms with Crippen molar-refractivity contribution < 1.29 is 18.4 Å². The maximum atomic E-state index is 13.0. The average molecular weight is 431 g/mol. The maximum absolute atomic E-state index is 13.0. The molecule has 0 bridgehead atoms. The van der Waals surface area contributed by atoms with Crippen LogP contribution in [0.15, 0.2) is 83.4 Å². The van der Waals surface area contributed by atoms with E-state index in [0.717, 1.165) is 16.9 Å². The normalized spacial score (nSPS) is 10.7. The molecule has 1 aromatic heterocycles. The second-order valence-corrected chi connectivity index (χ2v) is 7.22. The van der Waals surface area contributed by atoms with Gasteiger partial charge in [0.1, 0.15) is 18.2 Å². The molecule has 1 amide bonds. The van der Waals surface area contributed by atoms with E-state index >= 15 is 0 Å². The summed E-state index contributed by atoms with van der Waals surface area (Å²) in [6.45, 7) is 0.882. The van der Waals surface area contributed by atoms with Crippen LogP contribution < -0.4 is 10.1 Å². The van der Waals surface area contributed by atoms with E-state index in [0.29, 0.717) is 36.9 Å². The van der Waals surface area contributed by atoms with Crippen LogP contribution in [0.5, 0.6) is 5.75 Å². The summed E-state index contributed by atoms with van der Waals surface area (Å²) in [5, 5.41) is 6.77. The van der Waals surface area contributed by atoms with Crippen LogP contribution in [0, 0.1) is 5.82 Å². The van der Waals surface area contributed by atoms with Crippen molar-refractivity contribution in [3.63, 3.8) is 0 Å². The van der Waals surface area contributed by atoms with Crippen molar-refractivity contribution in [2.45, 2.75) is 26.0 Å². The lowest BCUT2D eigenvalue weighted by Gasteiger charge is -2.09. The Balaban J connectivity index is 1.23. The fraction of sp³-hybridized carbons (Fsp3) is 0.160. The lowest BCUT2D eigenvalue weighted by Crippen LogP contribution is -2.23. The number of rotatable bonds is 9. The number of hydrogen-bond donors (Lipinski definition) is 1. The number of ether oxygens (including phenoxy) is 1. The molecule has 1 N–H and O–H groups in total. The molecule has 0 atom stereocenters. The summed E-state index contributed by atoms with van der Waals surface area (Å²) in [7, 11) is 0. The first-order chi connectivity index (χ1) is 15.7. The third-order valence-electron chi connectivity index (χ3n) is 4.77. The number of aryl methyl sites for hydroxylation is 1. The fourth-order valence-corrected chi connectivity index (χ4v) is 3.07. The van der Waals surface area contributed by atoms with Crippen molar-refractivity contribution in [3.05, 3.63) is 102 Å². The fourth-order valence-electron chi connectivity index (χ4n) is 3.07. The Bertz CT molecular complexity index is 1160. The van der Waals surface area contributed by atoms with Crippen molar-refractivity contribution in [3.8, 4) is 17.1 Å². The molecule has 0 radical (unpaired) electrons. The standard InChI is InChI=1S/C25H22FN3O3/c26-21-11-9-20(10-12-21)25-28-24(32-29-25)14-13-23(30)27-16-19-7-4-8-22(15-19)31-17-18-5-2-1-3-6-18/h1-12,15H,13-14,16-17H2,(H,27,30). The second-order valence-electron chi connectivity index (χ2n) is 7.22. The molecule has 0 fully saturated rings.